The molecule has 104 valence electrons. The Morgan fingerprint density at radius 2 is 2.11 bits per heavy atom. The maximum atomic E-state index is 12.9. The lowest BCUT2D eigenvalue weighted by molar-refractivity contribution is -0.123. The number of amides is 1. The van der Waals surface area contributed by atoms with Gasteiger partial charge in [0.2, 0.25) is 5.91 Å². The molecule has 0 saturated carbocycles. The van der Waals surface area contributed by atoms with Crippen molar-refractivity contribution in [3.63, 3.8) is 0 Å². The molecule has 1 aromatic carbocycles. The molecule has 2 N–H and O–H groups in total. The highest BCUT2D eigenvalue weighted by molar-refractivity contribution is 9.10. The van der Waals surface area contributed by atoms with E-state index < -0.39 is 24.9 Å². The number of hydrogen-bond acceptors (Lipinski definition) is 2. The molecule has 0 spiro atoms. The third-order valence-corrected chi connectivity index (χ3v) is 3.58. The second-order valence-electron chi connectivity index (χ2n) is 4.66. The number of benzene rings is 1. The SMILES string of the molecule is O=C(NCCc1ccc(Br)cc1)C1CC(F)(F)CN1. The minimum Gasteiger partial charge on any atom is -0.354 e. The van der Waals surface area contributed by atoms with Crippen molar-refractivity contribution in [3.8, 4) is 0 Å². The zero-order valence-electron chi connectivity index (χ0n) is 10.3. The number of carbonyl (C=O) groups excluding carboxylic acids is 1. The minimum atomic E-state index is -2.77. The fraction of sp³-hybridized carbons (Fsp3) is 0.462. The van der Waals surface area contributed by atoms with E-state index in [1.54, 1.807) is 0 Å². The monoisotopic (exact) mass is 332 g/mol. The Hall–Kier alpha value is -1.01. The van der Waals surface area contributed by atoms with E-state index in [2.05, 4.69) is 26.6 Å². The molecule has 3 nitrogen and oxygen atoms in total. The standard InChI is InChI=1S/C13H15BrF2N2O/c14-10-3-1-9(2-4-10)5-6-17-12(19)11-7-13(15,16)8-18-11/h1-4,11,18H,5-8H2,(H,17,19). The van der Waals surface area contributed by atoms with Gasteiger partial charge < -0.3 is 5.32 Å². The van der Waals surface area contributed by atoms with E-state index in [1.165, 1.54) is 0 Å². The predicted octanol–water partition coefficient (Wildman–Crippen LogP) is 2.10. The first-order valence-electron chi connectivity index (χ1n) is 6.10. The van der Waals surface area contributed by atoms with Crippen LogP contribution in [0.5, 0.6) is 0 Å². The molecule has 1 heterocycles. The van der Waals surface area contributed by atoms with E-state index >= 15 is 0 Å². The summed E-state index contributed by atoms with van der Waals surface area (Å²) in [5, 5.41) is 5.21. The Bertz CT molecular complexity index is 450. The summed E-state index contributed by atoms with van der Waals surface area (Å²) in [6.07, 6.45) is 0.263. The van der Waals surface area contributed by atoms with Crippen LogP contribution in [0.1, 0.15) is 12.0 Å². The molecule has 1 aromatic rings. The van der Waals surface area contributed by atoms with Crippen molar-refractivity contribution in [2.24, 2.45) is 0 Å². The Labute approximate surface area is 118 Å². The van der Waals surface area contributed by atoms with Crippen LogP contribution >= 0.6 is 15.9 Å². The average molecular weight is 333 g/mol. The summed E-state index contributed by atoms with van der Waals surface area (Å²) in [6, 6.07) is 6.99. The normalized spacial score (nSPS) is 21.3. The molecule has 1 unspecified atom stereocenters. The third kappa shape index (κ3) is 4.24. The second kappa shape index (κ2) is 5.96. The summed E-state index contributed by atoms with van der Waals surface area (Å²) in [5.41, 5.74) is 1.09. The lowest BCUT2D eigenvalue weighted by Crippen LogP contribution is -2.41. The van der Waals surface area contributed by atoms with Crippen molar-refractivity contribution in [1.82, 2.24) is 10.6 Å². The topological polar surface area (TPSA) is 41.1 Å². The summed E-state index contributed by atoms with van der Waals surface area (Å²) in [4.78, 5) is 11.7. The van der Waals surface area contributed by atoms with Crippen LogP contribution in [0.4, 0.5) is 8.78 Å². The van der Waals surface area contributed by atoms with Gasteiger partial charge in [0.25, 0.3) is 5.92 Å². The number of nitrogens with one attached hydrogen (secondary N) is 2. The van der Waals surface area contributed by atoms with Crippen LogP contribution in [-0.2, 0) is 11.2 Å². The number of carbonyl (C=O) groups is 1. The van der Waals surface area contributed by atoms with Gasteiger partial charge >= 0.3 is 0 Å². The van der Waals surface area contributed by atoms with Gasteiger partial charge in [-0.3, -0.25) is 10.1 Å². The predicted molar refractivity (Wildman–Crippen MR) is 72.2 cm³/mol. The van der Waals surface area contributed by atoms with Crippen LogP contribution < -0.4 is 10.6 Å². The lowest BCUT2D eigenvalue weighted by Gasteiger charge is -2.11. The van der Waals surface area contributed by atoms with Crippen LogP contribution in [0.15, 0.2) is 28.7 Å². The van der Waals surface area contributed by atoms with Gasteiger partial charge in [-0.05, 0) is 24.1 Å². The Morgan fingerprint density at radius 1 is 1.42 bits per heavy atom. The van der Waals surface area contributed by atoms with Gasteiger partial charge in [-0.2, -0.15) is 0 Å². The quantitative estimate of drug-likeness (QED) is 0.886. The Kier molecular flexibility index (Phi) is 4.52. The van der Waals surface area contributed by atoms with Gasteiger partial charge in [-0.25, -0.2) is 8.78 Å². The summed E-state index contributed by atoms with van der Waals surface area (Å²) < 4.78 is 26.9. The molecule has 0 aromatic heterocycles. The molecule has 1 saturated heterocycles. The Balaban J connectivity index is 1.74. The minimum absolute atomic E-state index is 0.353. The van der Waals surface area contributed by atoms with E-state index in [9.17, 15) is 13.6 Å². The smallest absolute Gasteiger partial charge is 0.262 e. The van der Waals surface area contributed by atoms with E-state index in [-0.39, 0.29) is 5.91 Å². The maximum absolute atomic E-state index is 12.9. The first-order chi connectivity index (χ1) is 8.96. The molecular formula is C13H15BrF2N2O. The highest BCUT2D eigenvalue weighted by atomic mass is 79.9. The first-order valence-corrected chi connectivity index (χ1v) is 6.89. The van der Waals surface area contributed by atoms with E-state index in [0.29, 0.717) is 13.0 Å². The van der Waals surface area contributed by atoms with Crippen LogP contribution in [-0.4, -0.2) is 31.0 Å². The number of hydrogen-bond donors (Lipinski definition) is 2. The van der Waals surface area contributed by atoms with Crippen molar-refractivity contribution in [3.05, 3.63) is 34.3 Å². The molecular weight excluding hydrogens is 318 g/mol. The molecule has 1 aliphatic heterocycles. The van der Waals surface area contributed by atoms with Crippen molar-refractivity contribution < 1.29 is 13.6 Å². The Morgan fingerprint density at radius 3 is 2.68 bits per heavy atom. The molecule has 1 amide bonds. The van der Waals surface area contributed by atoms with Crippen molar-refractivity contribution in [2.75, 3.05) is 13.1 Å². The van der Waals surface area contributed by atoms with E-state index in [4.69, 9.17) is 0 Å². The van der Waals surface area contributed by atoms with Crippen molar-refractivity contribution in [1.29, 1.82) is 0 Å². The van der Waals surface area contributed by atoms with Crippen LogP contribution in [0.2, 0.25) is 0 Å². The average Bonchev–Trinajstić information content (AvgIpc) is 2.72. The lowest BCUT2D eigenvalue weighted by atomic mass is 10.1. The number of rotatable bonds is 4. The third-order valence-electron chi connectivity index (χ3n) is 3.05. The second-order valence-corrected chi connectivity index (χ2v) is 5.58. The van der Waals surface area contributed by atoms with Gasteiger partial charge in [0, 0.05) is 17.4 Å². The van der Waals surface area contributed by atoms with Gasteiger partial charge in [-0.1, -0.05) is 28.1 Å². The van der Waals surface area contributed by atoms with Crippen molar-refractivity contribution >= 4 is 21.8 Å². The molecule has 6 heteroatoms. The van der Waals surface area contributed by atoms with Crippen LogP contribution in [0, 0.1) is 0 Å². The molecule has 1 fully saturated rings. The zero-order valence-corrected chi connectivity index (χ0v) is 11.8. The van der Waals surface area contributed by atoms with Crippen molar-refractivity contribution in [2.45, 2.75) is 24.8 Å². The number of alkyl halides is 2. The molecule has 1 aliphatic rings. The fourth-order valence-electron chi connectivity index (χ4n) is 2.01. The highest BCUT2D eigenvalue weighted by Crippen LogP contribution is 2.24. The van der Waals surface area contributed by atoms with Gasteiger partial charge in [0.1, 0.15) is 0 Å². The van der Waals surface area contributed by atoms with E-state index in [0.717, 1.165) is 10.0 Å². The molecule has 1 atom stereocenters. The van der Waals surface area contributed by atoms with Gasteiger partial charge in [0.05, 0.1) is 12.6 Å². The molecule has 0 radical (unpaired) electrons. The summed E-state index contributed by atoms with van der Waals surface area (Å²) in [5.74, 6) is -3.12. The fourth-order valence-corrected chi connectivity index (χ4v) is 2.27. The summed E-state index contributed by atoms with van der Waals surface area (Å²) in [6.45, 7) is 0.0298. The summed E-state index contributed by atoms with van der Waals surface area (Å²) >= 11 is 3.34. The number of halogens is 3. The molecule has 2 rings (SSSR count). The zero-order chi connectivity index (χ0) is 13.9. The van der Waals surface area contributed by atoms with Crippen LogP contribution in [0.3, 0.4) is 0 Å². The first kappa shape index (κ1) is 14.4. The molecule has 0 aliphatic carbocycles. The van der Waals surface area contributed by atoms with Gasteiger partial charge in [-0.15, -0.1) is 0 Å². The highest BCUT2D eigenvalue weighted by Gasteiger charge is 2.42. The molecule has 19 heavy (non-hydrogen) atoms. The maximum Gasteiger partial charge on any atom is 0.262 e. The largest absolute Gasteiger partial charge is 0.354 e. The molecule has 0 bridgehead atoms. The van der Waals surface area contributed by atoms with E-state index in [1.807, 2.05) is 24.3 Å². The summed E-state index contributed by atoms with van der Waals surface area (Å²) in [7, 11) is 0. The van der Waals surface area contributed by atoms with Gasteiger partial charge in [0.15, 0.2) is 0 Å². The van der Waals surface area contributed by atoms with Crippen LogP contribution in [0.25, 0.3) is 0 Å².